The van der Waals surface area contributed by atoms with Crippen LogP contribution in [0.4, 0.5) is 18.9 Å². The van der Waals surface area contributed by atoms with Gasteiger partial charge in [-0.15, -0.1) is 0 Å². The van der Waals surface area contributed by atoms with Crippen molar-refractivity contribution in [1.29, 1.82) is 0 Å². The normalized spacial score (nSPS) is 11.8. The molecule has 1 amide bonds. The number of benzene rings is 3. The maximum absolute atomic E-state index is 12.8. The summed E-state index contributed by atoms with van der Waals surface area (Å²) in [5, 5.41) is 11.7. The third-order valence-electron chi connectivity index (χ3n) is 5.12. The van der Waals surface area contributed by atoms with Crippen LogP contribution in [0.15, 0.2) is 71.6 Å². The molecule has 0 aliphatic rings. The van der Waals surface area contributed by atoms with E-state index in [9.17, 15) is 36.3 Å². The second kappa shape index (κ2) is 10.3. The lowest BCUT2D eigenvalue weighted by Gasteiger charge is -2.10. The lowest BCUT2D eigenvalue weighted by molar-refractivity contribution is -0.137. The molecule has 0 unspecified atom stereocenters. The topological polar surface area (TPSA) is 113 Å². The Bertz CT molecular complexity index is 1360. The molecule has 0 spiro atoms. The van der Waals surface area contributed by atoms with Crippen LogP contribution in [0.3, 0.4) is 0 Å². The largest absolute Gasteiger partial charge is 0.478 e. The Morgan fingerprint density at radius 2 is 1.69 bits per heavy atom. The number of carboxylic acids is 1. The summed E-state index contributed by atoms with van der Waals surface area (Å²) in [5.41, 5.74) is 0.373. The van der Waals surface area contributed by atoms with Crippen molar-refractivity contribution >= 4 is 27.6 Å². The first-order valence-corrected chi connectivity index (χ1v) is 11.8. The number of amides is 1. The van der Waals surface area contributed by atoms with E-state index in [1.54, 1.807) is 31.2 Å². The lowest BCUT2D eigenvalue weighted by atomic mass is 10.1. The Hall–Kier alpha value is -3.70. The first-order valence-electron chi connectivity index (χ1n) is 10.3. The van der Waals surface area contributed by atoms with Gasteiger partial charge in [0, 0.05) is 19.2 Å². The molecule has 0 aromatic heterocycles. The van der Waals surface area contributed by atoms with Gasteiger partial charge in [-0.2, -0.15) is 13.2 Å². The highest BCUT2D eigenvalue weighted by molar-refractivity contribution is 7.89. The molecule has 0 saturated heterocycles. The maximum atomic E-state index is 12.8. The molecule has 3 rings (SSSR count). The molecular formula is C24H23F3N2O5S. The second-order valence-electron chi connectivity index (χ2n) is 7.66. The Labute approximate surface area is 201 Å². The van der Waals surface area contributed by atoms with Crippen LogP contribution in [0.2, 0.25) is 0 Å². The lowest BCUT2D eigenvalue weighted by Crippen LogP contribution is -2.26. The number of nitrogens with one attached hydrogen (secondary N) is 2. The molecule has 7 nitrogen and oxygen atoms in total. The maximum Gasteiger partial charge on any atom is 0.416 e. The van der Waals surface area contributed by atoms with Crippen molar-refractivity contribution < 1.29 is 37.7 Å². The van der Waals surface area contributed by atoms with Gasteiger partial charge in [-0.05, 0) is 66.9 Å². The third-order valence-corrected chi connectivity index (χ3v) is 6.58. The summed E-state index contributed by atoms with van der Waals surface area (Å²) in [5.74, 6) is -1.92. The van der Waals surface area contributed by atoms with Crippen molar-refractivity contribution in [3.63, 3.8) is 0 Å². The predicted octanol–water partition coefficient (Wildman–Crippen LogP) is 4.73. The van der Waals surface area contributed by atoms with Crippen LogP contribution >= 0.6 is 0 Å². The average molecular weight is 509 g/mol. The number of carbonyl (C=O) groups excluding carboxylic acids is 1. The highest BCUT2D eigenvalue weighted by Crippen LogP contribution is 2.29. The van der Waals surface area contributed by atoms with Crippen LogP contribution in [0.1, 0.15) is 38.8 Å². The fraction of sp³-hybridized carbons (Fsp3) is 0.167. The molecule has 0 saturated carbocycles. The van der Waals surface area contributed by atoms with Crippen molar-refractivity contribution in [2.45, 2.75) is 24.4 Å². The number of anilines is 1. The monoisotopic (exact) mass is 508 g/mol. The van der Waals surface area contributed by atoms with E-state index in [4.69, 9.17) is 0 Å². The third kappa shape index (κ3) is 6.67. The number of rotatable bonds is 8. The smallest absolute Gasteiger partial charge is 0.416 e. The van der Waals surface area contributed by atoms with Gasteiger partial charge >= 0.3 is 12.1 Å². The Kier molecular flexibility index (Phi) is 7.61. The minimum Gasteiger partial charge on any atom is -0.478 e. The van der Waals surface area contributed by atoms with Crippen molar-refractivity contribution in [2.24, 2.45) is 0 Å². The van der Waals surface area contributed by atoms with Gasteiger partial charge in [0.05, 0.1) is 16.0 Å². The zero-order chi connectivity index (χ0) is 25.8. The zero-order valence-electron chi connectivity index (χ0n) is 18.4. The van der Waals surface area contributed by atoms with Gasteiger partial charge in [0.25, 0.3) is 5.91 Å². The van der Waals surface area contributed by atoms with E-state index in [1.807, 2.05) is 0 Å². The van der Waals surface area contributed by atoms with Crippen molar-refractivity contribution in [3.8, 4) is 0 Å². The molecule has 0 radical (unpaired) electrons. The first-order chi connectivity index (χ1) is 16.4. The minimum absolute atomic E-state index is 0. The number of alkyl halides is 3. The Morgan fingerprint density at radius 3 is 2.31 bits per heavy atom. The molecular weight excluding hydrogens is 485 g/mol. The summed E-state index contributed by atoms with van der Waals surface area (Å²) in [6.07, 6.45) is -4.25. The molecule has 3 N–H and O–H groups in total. The molecule has 0 aliphatic carbocycles. The number of carbonyl (C=O) groups is 2. The van der Waals surface area contributed by atoms with E-state index in [0.717, 1.165) is 29.8 Å². The molecule has 0 bridgehead atoms. The molecule has 35 heavy (non-hydrogen) atoms. The van der Waals surface area contributed by atoms with Gasteiger partial charge in [0.2, 0.25) is 10.0 Å². The summed E-state index contributed by atoms with van der Waals surface area (Å²) in [7, 11) is -3.92. The summed E-state index contributed by atoms with van der Waals surface area (Å²) >= 11 is 0. The van der Waals surface area contributed by atoms with Crippen LogP contribution in [0, 0.1) is 6.92 Å². The van der Waals surface area contributed by atoms with E-state index in [0.29, 0.717) is 17.7 Å². The van der Waals surface area contributed by atoms with Crippen molar-refractivity contribution in [3.05, 3.63) is 94.5 Å². The van der Waals surface area contributed by atoms with Gasteiger partial charge in [-0.1, -0.05) is 24.3 Å². The van der Waals surface area contributed by atoms with Crippen molar-refractivity contribution in [2.75, 3.05) is 11.9 Å². The van der Waals surface area contributed by atoms with Gasteiger partial charge in [0.15, 0.2) is 0 Å². The van der Waals surface area contributed by atoms with E-state index < -0.39 is 33.6 Å². The number of carboxylic acid groups (broad SMARTS) is 1. The molecule has 0 fully saturated rings. The Balaban J connectivity index is 0.00000456. The summed E-state index contributed by atoms with van der Waals surface area (Å²) < 4.78 is 65.9. The van der Waals surface area contributed by atoms with E-state index in [-0.39, 0.29) is 24.0 Å². The minimum atomic E-state index is -4.56. The highest BCUT2D eigenvalue weighted by Gasteiger charge is 2.30. The van der Waals surface area contributed by atoms with Crippen molar-refractivity contribution in [1.82, 2.24) is 4.72 Å². The molecule has 3 aromatic rings. The summed E-state index contributed by atoms with van der Waals surface area (Å²) in [6, 6.07) is 14.3. The molecule has 0 atom stereocenters. The number of aromatic carboxylic acids is 1. The average Bonchev–Trinajstić information content (AvgIpc) is 2.79. The van der Waals surface area contributed by atoms with Crippen LogP contribution in [0.5, 0.6) is 0 Å². The summed E-state index contributed by atoms with van der Waals surface area (Å²) in [4.78, 5) is 23.4. The number of hydrogen-bond acceptors (Lipinski definition) is 4. The molecule has 0 aliphatic heterocycles. The van der Waals surface area contributed by atoms with Crippen LogP contribution in [-0.2, 0) is 22.6 Å². The quantitative estimate of drug-likeness (QED) is 0.407. The summed E-state index contributed by atoms with van der Waals surface area (Å²) in [6.45, 7) is 1.60. The molecule has 3 aromatic carbocycles. The number of hydrogen-bond donors (Lipinski definition) is 3. The zero-order valence-corrected chi connectivity index (χ0v) is 19.2. The van der Waals surface area contributed by atoms with Gasteiger partial charge in [-0.25, -0.2) is 17.9 Å². The molecule has 11 heteroatoms. The van der Waals surface area contributed by atoms with Gasteiger partial charge in [-0.3, -0.25) is 4.79 Å². The number of halogens is 3. The van der Waals surface area contributed by atoms with Gasteiger partial charge < -0.3 is 10.4 Å². The number of sulfonamides is 1. The number of aryl methyl sites for hydroxylation is 1. The fourth-order valence-electron chi connectivity index (χ4n) is 3.21. The molecule has 0 heterocycles. The van der Waals surface area contributed by atoms with Gasteiger partial charge in [0.1, 0.15) is 0 Å². The molecule has 186 valence electrons. The standard InChI is InChI=1S/C24H21F3N2O5S.H2/c1-15-5-10-20(14-21(15)23(31)32)35(33,34)28-12-11-16-6-8-19(9-7-16)29-22(30)17-3-2-4-18(13-17)24(25,26)27;/h2-10,13-14,28H,11-12H2,1H3,(H,29,30)(H,31,32);1H. The van der Waals surface area contributed by atoms with Crippen LogP contribution < -0.4 is 10.0 Å². The van der Waals surface area contributed by atoms with Crippen LogP contribution in [0.25, 0.3) is 0 Å². The van der Waals surface area contributed by atoms with Crippen LogP contribution in [-0.4, -0.2) is 31.9 Å². The van der Waals surface area contributed by atoms with E-state index in [2.05, 4.69) is 10.0 Å². The Morgan fingerprint density at radius 1 is 1.00 bits per heavy atom. The van der Waals surface area contributed by atoms with E-state index in [1.165, 1.54) is 18.2 Å². The second-order valence-corrected chi connectivity index (χ2v) is 9.43. The SMILES string of the molecule is Cc1ccc(S(=O)(=O)NCCc2ccc(NC(=O)c3cccc(C(F)(F)F)c3)cc2)cc1C(=O)O.[HH]. The highest BCUT2D eigenvalue weighted by atomic mass is 32.2. The van der Waals surface area contributed by atoms with E-state index >= 15 is 0 Å². The first kappa shape index (κ1) is 25.9. The fourth-order valence-corrected chi connectivity index (χ4v) is 4.26. The predicted molar refractivity (Wildman–Crippen MR) is 125 cm³/mol.